The predicted octanol–water partition coefficient (Wildman–Crippen LogP) is 2.56. The van der Waals surface area contributed by atoms with Crippen LogP contribution in [0.25, 0.3) is 0 Å². The summed E-state index contributed by atoms with van der Waals surface area (Å²) in [6.07, 6.45) is 0. The van der Waals surface area contributed by atoms with Crippen molar-refractivity contribution in [3.05, 3.63) is 34.9 Å². The van der Waals surface area contributed by atoms with E-state index in [1.54, 1.807) is 0 Å². The molecule has 0 amide bonds. The van der Waals surface area contributed by atoms with Crippen molar-refractivity contribution in [3.63, 3.8) is 0 Å². The van der Waals surface area contributed by atoms with E-state index in [4.69, 9.17) is 10.5 Å². The van der Waals surface area contributed by atoms with Crippen LogP contribution in [0.15, 0.2) is 18.2 Å². The summed E-state index contributed by atoms with van der Waals surface area (Å²) < 4.78 is 5.78. The maximum Gasteiger partial charge on any atom is 0.0752 e. The van der Waals surface area contributed by atoms with Crippen LogP contribution >= 0.6 is 0 Å². The van der Waals surface area contributed by atoms with E-state index in [1.165, 1.54) is 16.7 Å². The Bertz CT molecular complexity index is 331. The van der Waals surface area contributed by atoms with Gasteiger partial charge in [-0.3, -0.25) is 0 Å². The molecule has 0 bridgehead atoms. The van der Waals surface area contributed by atoms with Crippen LogP contribution in [0.4, 0.5) is 0 Å². The van der Waals surface area contributed by atoms with E-state index in [0.29, 0.717) is 13.2 Å². The molecule has 2 nitrogen and oxygen atoms in total. The van der Waals surface area contributed by atoms with E-state index in [1.807, 2.05) is 13.8 Å². The zero-order chi connectivity index (χ0) is 11.5. The third-order valence-corrected chi connectivity index (χ3v) is 2.61. The Labute approximate surface area is 92.4 Å². The number of ether oxygens (including phenoxy) is 1. The Morgan fingerprint density at radius 3 is 2.53 bits per heavy atom. The molecule has 1 aromatic carbocycles. The van der Waals surface area contributed by atoms with Crippen molar-refractivity contribution in [3.8, 4) is 0 Å². The molecule has 1 aromatic rings. The molecule has 0 radical (unpaired) electrons. The molecule has 0 spiro atoms. The van der Waals surface area contributed by atoms with Crippen molar-refractivity contribution in [2.75, 3.05) is 6.54 Å². The zero-order valence-electron chi connectivity index (χ0n) is 10.1. The van der Waals surface area contributed by atoms with Crippen molar-refractivity contribution in [2.45, 2.75) is 39.9 Å². The number of hydrogen-bond donors (Lipinski definition) is 1. The van der Waals surface area contributed by atoms with Crippen molar-refractivity contribution < 1.29 is 4.74 Å². The second-order valence-electron chi connectivity index (χ2n) is 4.68. The molecular formula is C13H21NO. The van der Waals surface area contributed by atoms with Gasteiger partial charge >= 0.3 is 0 Å². The number of nitrogens with two attached hydrogens (primary N) is 1. The van der Waals surface area contributed by atoms with Crippen LogP contribution in [-0.4, -0.2) is 12.1 Å². The van der Waals surface area contributed by atoms with E-state index < -0.39 is 0 Å². The highest BCUT2D eigenvalue weighted by atomic mass is 16.5. The summed E-state index contributed by atoms with van der Waals surface area (Å²) in [6, 6.07) is 6.41. The summed E-state index contributed by atoms with van der Waals surface area (Å²) in [5.41, 5.74) is 9.16. The predicted molar refractivity (Wildman–Crippen MR) is 63.8 cm³/mol. The molecule has 0 aliphatic heterocycles. The highest BCUT2D eigenvalue weighted by molar-refractivity contribution is 5.29. The molecule has 0 saturated carbocycles. The Balaban J connectivity index is 2.69. The van der Waals surface area contributed by atoms with Gasteiger partial charge in [0.15, 0.2) is 0 Å². The summed E-state index contributed by atoms with van der Waals surface area (Å²) in [4.78, 5) is 0. The molecule has 0 aliphatic rings. The monoisotopic (exact) mass is 207 g/mol. The van der Waals surface area contributed by atoms with Crippen molar-refractivity contribution in [1.82, 2.24) is 0 Å². The van der Waals surface area contributed by atoms with Crippen LogP contribution < -0.4 is 5.73 Å². The van der Waals surface area contributed by atoms with Gasteiger partial charge in [0.2, 0.25) is 0 Å². The zero-order valence-corrected chi connectivity index (χ0v) is 10.1. The van der Waals surface area contributed by atoms with Crippen LogP contribution in [0, 0.1) is 13.8 Å². The molecule has 0 aliphatic carbocycles. The number of aryl methyl sites for hydroxylation is 2. The molecule has 0 unspecified atom stereocenters. The van der Waals surface area contributed by atoms with E-state index in [0.717, 1.165) is 0 Å². The van der Waals surface area contributed by atoms with Gasteiger partial charge in [-0.15, -0.1) is 0 Å². The summed E-state index contributed by atoms with van der Waals surface area (Å²) in [6.45, 7) is 9.40. The molecule has 2 N–H and O–H groups in total. The van der Waals surface area contributed by atoms with E-state index in [-0.39, 0.29) is 5.60 Å². The van der Waals surface area contributed by atoms with Gasteiger partial charge < -0.3 is 10.5 Å². The molecule has 15 heavy (non-hydrogen) atoms. The highest BCUT2D eigenvalue weighted by Crippen LogP contribution is 2.15. The quantitative estimate of drug-likeness (QED) is 0.823. The Kier molecular flexibility index (Phi) is 3.89. The van der Waals surface area contributed by atoms with Gasteiger partial charge in [0.05, 0.1) is 12.2 Å². The van der Waals surface area contributed by atoms with Gasteiger partial charge in [0.25, 0.3) is 0 Å². The fourth-order valence-corrected chi connectivity index (χ4v) is 1.29. The largest absolute Gasteiger partial charge is 0.370 e. The Morgan fingerprint density at radius 1 is 1.27 bits per heavy atom. The molecule has 0 heterocycles. The molecular weight excluding hydrogens is 186 g/mol. The van der Waals surface area contributed by atoms with E-state index in [2.05, 4.69) is 32.0 Å². The van der Waals surface area contributed by atoms with Crippen LogP contribution in [0.2, 0.25) is 0 Å². The minimum atomic E-state index is -0.240. The van der Waals surface area contributed by atoms with Gasteiger partial charge in [-0.1, -0.05) is 23.8 Å². The molecule has 2 heteroatoms. The van der Waals surface area contributed by atoms with E-state index >= 15 is 0 Å². The summed E-state index contributed by atoms with van der Waals surface area (Å²) in [5, 5.41) is 0. The lowest BCUT2D eigenvalue weighted by Crippen LogP contribution is -2.33. The van der Waals surface area contributed by atoms with Gasteiger partial charge in [0, 0.05) is 6.54 Å². The topological polar surface area (TPSA) is 35.2 Å². The highest BCUT2D eigenvalue weighted by Gasteiger charge is 2.15. The first-order chi connectivity index (χ1) is 6.94. The number of hydrogen-bond acceptors (Lipinski definition) is 2. The lowest BCUT2D eigenvalue weighted by atomic mass is 10.1. The van der Waals surface area contributed by atoms with Gasteiger partial charge in [-0.2, -0.15) is 0 Å². The summed E-state index contributed by atoms with van der Waals surface area (Å²) in [7, 11) is 0. The second-order valence-corrected chi connectivity index (χ2v) is 4.68. The van der Waals surface area contributed by atoms with Gasteiger partial charge in [-0.05, 0) is 38.8 Å². The summed E-state index contributed by atoms with van der Waals surface area (Å²) in [5.74, 6) is 0. The molecule has 0 atom stereocenters. The average Bonchev–Trinajstić information content (AvgIpc) is 2.20. The van der Waals surface area contributed by atoms with Crippen LogP contribution in [-0.2, 0) is 11.3 Å². The first-order valence-corrected chi connectivity index (χ1v) is 5.35. The van der Waals surface area contributed by atoms with Crippen LogP contribution in [0.3, 0.4) is 0 Å². The maximum absolute atomic E-state index is 5.78. The lowest BCUT2D eigenvalue weighted by molar-refractivity contribution is -0.0224. The fraction of sp³-hybridized carbons (Fsp3) is 0.538. The minimum Gasteiger partial charge on any atom is -0.370 e. The molecule has 0 fully saturated rings. The van der Waals surface area contributed by atoms with Crippen molar-refractivity contribution >= 4 is 0 Å². The molecule has 0 aromatic heterocycles. The SMILES string of the molecule is Cc1ccc(C)c(COC(C)(C)CN)c1. The molecule has 84 valence electrons. The number of benzene rings is 1. The number of rotatable bonds is 4. The second kappa shape index (κ2) is 4.77. The van der Waals surface area contributed by atoms with Gasteiger partial charge in [0.1, 0.15) is 0 Å². The standard InChI is InChI=1S/C13H21NO/c1-10-5-6-11(2)12(7-10)8-15-13(3,4)9-14/h5-7H,8-9,14H2,1-4H3. The molecule has 1 rings (SSSR count). The molecule has 0 saturated heterocycles. The third kappa shape index (κ3) is 3.65. The lowest BCUT2D eigenvalue weighted by Gasteiger charge is -2.23. The first kappa shape index (κ1) is 12.2. The average molecular weight is 207 g/mol. The third-order valence-electron chi connectivity index (χ3n) is 2.61. The van der Waals surface area contributed by atoms with Crippen LogP contribution in [0.1, 0.15) is 30.5 Å². The van der Waals surface area contributed by atoms with Crippen molar-refractivity contribution in [2.24, 2.45) is 5.73 Å². The first-order valence-electron chi connectivity index (χ1n) is 5.35. The van der Waals surface area contributed by atoms with Crippen molar-refractivity contribution in [1.29, 1.82) is 0 Å². The smallest absolute Gasteiger partial charge is 0.0752 e. The van der Waals surface area contributed by atoms with E-state index in [9.17, 15) is 0 Å². The minimum absolute atomic E-state index is 0.240. The van der Waals surface area contributed by atoms with Gasteiger partial charge in [-0.25, -0.2) is 0 Å². The fourth-order valence-electron chi connectivity index (χ4n) is 1.29. The Morgan fingerprint density at radius 2 is 1.93 bits per heavy atom. The van der Waals surface area contributed by atoms with Crippen LogP contribution in [0.5, 0.6) is 0 Å². The Hall–Kier alpha value is -0.860. The summed E-state index contributed by atoms with van der Waals surface area (Å²) >= 11 is 0. The normalized spacial score (nSPS) is 11.8. The maximum atomic E-state index is 5.78.